The van der Waals surface area contributed by atoms with Crippen LogP contribution in [-0.2, 0) is 9.84 Å². The molecule has 4 nitrogen and oxygen atoms in total. The summed E-state index contributed by atoms with van der Waals surface area (Å²) in [6.45, 7) is 0. The first kappa shape index (κ1) is 14.3. The Kier molecular flexibility index (Phi) is 4.20. The van der Waals surface area contributed by atoms with E-state index in [0.29, 0.717) is 17.1 Å². The van der Waals surface area contributed by atoms with Crippen molar-refractivity contribution in [2.75, 3.05) is 12.0 Å². The Balaban J connectivity index is 2.18. The van der Waals surface area contributed by atoms with Crippen LogP contribution in [0.1, 0.15) is 10.4 Å². The summed E-state index contributed by atoms with van der Waals surface area (Å²) in [5.41, 5.74) is 0.323. The van der Waals surface area contributed by atoms with Crippen LogP contribution in [0, 0.1) is 0 Å². The van der Waals surface area contributed by atoms with Gasteiger partial charge < -0.3 is 4.74 Å². The average molecular weight is 290 g/mol. The Morgan fingerprint density at radius 2 is 1.65 bits per heavy atom. The third-order valence-electron chi connectivity index (χ3n) is 2.53. The molecule has 0 atom stereocenters. The van der Waals surface area contributed by atoms with Crippen molar-refractivity contribution >= 4 is 15.6 Å². The molecule has 0 bridgehead atoms. The first-order valence-corrected chi connectivity index (χ1v) is 8.04. The van der Waals surface area contributed by atoms with E-state index in [0.717, 1.165) is 6.26 Å². The van der Waals surface area contributed by atoms with Crippen LogP contribution in [0.5, 0.6) is 11.5 Å². The first-order valence-electron chi connectivity index (χ1n) is 5.98. The maximum Gasteiger partial charge on any atom is 0.177 e. The molecule has 0 aliphatic rings. The van der Waals surface area contributed by atoms with Crippen molar-refractivity contribution < 1.29 is 17.9 Å². The number of para-hydroxylation sites is 1. The summed E-state index contributed by atoms with van der Waals surface area (Å²) in [4.78, 5) is 11.8. The number of carbonyl (C=O) groups excluding carboxylic acids is 1. The first-order chi connectivity index (χ1) is 9.44. The average Bonchev–Trinajstić information content (AvgIpc) is 2.38. The van der Waals surface area contributed by atoms with Crippen molar-refractivity contribution in [2.45, 2.75) is 0 Å². The smallest absolute Gasteiger partial charge is 0.177 e. The van der Waals surface area contributed by atoms with Crippen LogP contribution >= 0.6 is 0 Å². The minimum Gasteiger partial charge on any atom is -0.457 e. The van der Waals surface area contributed by atoms with Gasteiger partial charge in [-0.3, -0.25) is 4.79 Å². The maximum absolute atomic E-state index is 11.8. The van der Waals surface area contributed by atoms with Crippen LogP contribution in [0.25, 0.3) is 0 Å². The molecule has 0 aliphatic carbocycles. The second-order valence-corrected chi connectivity index (χ2v) is 6.58. The number of ketones is 1. The summed E-state index contributed by atoms with van der Waals surface area (Å²) >= 11 is 0. The van der Waals surface area contributed by atoms with Crippen LogP contribution in [0.15, 0.2) is 54.6 Å². The van der Waals surface area contributed by atoms with E-state index in [2.05, 4.69) is 0 Å². The van der Waals surface area contributed by atoms with E-state index in [1.165, 1.54) is 0 Å². The van der Waals surface area contributed by atoms with Gasteiger partial charge in [0.2, 0.25) is 0 Å². The van der Waals surface area contributed by atoms with E-state index in [1.54, 1.807) is 36.4 Å². The molecule has 0 unspecified atom stereocenters. The molecule has 2 aromatic rings. The number of hydrogen-bond donors (Lipinski definition) is 0. The molecule has 0 heterocycles. The number of hydrogen-bond acceptors (Lipinski definition) is 4. The predicted octanol–water partition coefficient (Wildman–Crippen LogP) is 2.71. The molecule has 2 aromatic carbocycles. The molecule has 0 N–H and O–H groups in total. The lowest BCUT2D eigenvalue weighted by Crippen LogP contribution is -2.14. The molecule has 0 radical (unpaired) electrons. The topological polar surface area (TPSA) is 60.4 Å². The van der Waals surface area contributed by atoms with Gasteiger partial charge >= 0.3 is 0 Å². The van der Waals surface area contributed by atoms with E-state index in [4.69, 9.17) is 4.74 Å². The third kappa shape index (κ3) is 4.20. The van der Waals surface area contributed by atoms with Crippen molar-refractivity contribution in [3.8, 4) is 11.5 Å². The van der Waals surface area contributed by atoms with Crippen molar-refractivity contribution in [1.82, 2.24) is 0 Å². The molecule has 0 aliphatic heterocycles. The molecule has 104 valence electrons. The Morgan fingerprint density at radius 3 is 2.30 bits per heavy atom. The lowest BCUT2D eigenvalue weighted by molar-refractivity contribution is 0.102. The van der Waals surface area contributed by atoms with Crippen LogP contribution in [0.2, 0.25) is 0 Å². The second-order valence-electron chi connectivity index (χ2n) is 4.44. The fourth-order valence-electron chi connectivity index (χ4n) is 1.68. The molecule has 5 heteroatoms. The second kappa shape index (κ2) is 5.88. The Bertz CT molecular complexity index is 706. The zero-order valence-electron chi connectivity index (χ0n) is 10.9. The fraction of sp³-hybridized carbons (Fsp3) is 0.133. The number of sulfone groups is 1. The van der Waals surface area contributed by atoms with E-state index in [9.17, 15) is 13.2 Å². The molecule has 0 aromatic heterocycles. The Labute approximate surface area is 117 Å². The van der Waals surface area contributed by atoms with Gasteiger partial charge in [0.1, 0.15) is 17.3 Å². The van der Waals surface area contributed by atoms with E-state index < -0.39 is 21.4 Å². The molecular formula is C15H14O4S. The predicted molar refractivity (Wildman–Crippen MR) is 77.0 cm³/mol. The molecule has 0 amide bonds. The lowest BCUT2D eigenvalue weighted by Gasteiger charge is -2.07. The Hall–Kier alpha value is -2.14. The van der Waals surface area contributed by atoms with E-state index in [-0.39, 0.29) is 0 Å². The van der Waals surface area contributed by atoms with Gasteiger partial charge in [0.25, 0.3) is 0 Å². The highest BCUT2D eigenvalue weighted by Crippen LogP contribution is 2.22. The standard InChI is InChI=1S/C15H14O4S/c1-20(17,18)11-15(16)12-6-5-9-14(10-12)19-13-7-3-2-4-8-13/h2-10H,11H2,1H3. The van der Waals surface area contributed by atoms with Gasteiger partial charge in [-0.25, -0.2) is 8.42 Å². The van der Waals surface area contributed by atoms with Crippen LogP contribution in [0.4, 0.5) is 0 Å². The SMILES string of the molecule is CS(=O)(=O)CC(=O)c1cccc(Oc2ccccc2)c1. The molecular weight excluding hydrogens is 276 g/mol. The summed E-state index contributed by atoms with van der Waals surface area (Å²) < 4.78 is 27.9. The number of Topliss-reactive ketones (excluding diaryl/α,β-unsaturated/α-hetero) is 1. The van der Waals surface area contributed by atoms with Gasteiger partial charge in [-0.05, 0) is 24.3 Å². The van der Waals surface area contributed by atoms with Gasteiger partial charge in [-0.1, -0.05) is 30.3 Å². The van der Waals surface area contributed by atoms with Crippen molar-refractivity contribution in [3.05, 3.63) is 60.2 Å². The number of rotatable bonds is 5. The number of ether oxygens (including phenoxy) is 1. The largest absolute Gasteiger partial charge is 0.457 e. The van der Waals surface area contributed by atoms with Crippen molar-refractivity contribution in [3.63, 3.8) is 0 Å². The van der Waals surface area contributed by atoms with Crippen molar-refractivity contribution in [2.24, 2.45) is 0 Å². The summed E-state index contributed by atoms with van der Waals surface area (Å²) in [5, 5.41) is 0. The van der Waals surface area contributed by atoms with Gasteiger partial charge in [0, 0.05) is 11.8 Å². The highest BCUT2D eigenvalue weighted by Gasteiger charge is 2.13. The minimum absolute atomic E-state index is 0.323. The minimum atomic E-state index is -3.33. The van der Waals surface area contributed by atoms with Gasteiger partial charge in [-0.15, -0.1) is 0 Å². The lowest BCUT2D eigenvalue weighted by atomic mass is 10.1. The van der Waals surface area contributed by atoms with Crippen molar-refractivity contribution in [1.29, 1.82) is 0 Å². The number of benzene rings is 2. The molecule has 0 saturated heterocycles. The zero-order chi connectivity index (χ0) is 14.6. The maximum atomic E-state index is 11.8. The zero-order valence-corrected chi connectivity index (χ0v) is 11.8. The van der Waals surface area contributed by atoms with Crippen LogP contribution in [-0.4, -0.2) is 26.2 Å². The highest BCUT2D eigenvalue weighted by molar-refractivity contribution is 7.91. The van der Waals surface area contributed by atoms with Gasteiger partial charge in [-0.2, -0.15) is 0 Å². The highest BCUT2D eigenvalue weighted by atomic mass is 32.2. The van der Waals surface area contributed by atoms with Crippen LogP contribution < -0.4 is 4.74 Å². The van der Waals surface area contributed by atoms with E-state index in [1.807, 2.05) is 18.2 Å². The normalized spacial score (nSPS) is 11.1. The van der Waals surface area contributed by atoms with Gasteiger partial charge in [0.15, 0.2) is 15.6 Å². The molecule has 20 heavy (non-hydrogen) atoms. The van der Waals surface area contributed by atoms with Gasteiger partial charge in [0.05, 0.1) is 0 Å². The molecule has 2 rings (SSSR count). The number of carbonyl (C=O) groups is 1. The molecule has 0 spiro atoms. The monoisotopic (exact) mass is 290 g/mol. The summed E-state index contributed by atoms with van der Waals surface area (Å²) in [5.74, 6) is 0.212. The summed E-state index contributed by atoms with van der Waals surface area (Å²) in [6.07, 6.45) is 1.04. The van der Waals surface area contributed by atoms with Crippen LogP contribution in [0.3, 0.4) is 0 Å². The fourth-order valence-corrected chi connectivity index (χ4v) is 2.32. The quantitative estimate of drug-likeness (QED) is 0.794. The molecule has 0 saturated carbocycles. The van der Waals surface area contributed by atoms with E-state index >= 15 is 0 Å². The molecule has 0 fully saturated rings. The Morgan fingerprint density at radius 1 is 1.00 bits per heavy atom. The summed E-state index contributed by atoms with van der Waals surface area (Å²) in [6, 6.07) is 15.6. The summed E-state index contributed by atoms with van der Waals surface area (Å²) in [7, 11) is -3.33. The third-order valence-corrected chi connectivity index (χ3v) is 3.31.